The van der Waals surface area contributed by atoms with Crippen LogP contribution in [-0.4, -0.2) is 12.2 Å². The minimum atomic E-state index is -1.17. The Hall–Kier alpha value is -0.110. The SMILES string of the molecule is CCC(C)C(C)(F)CN. The van der Waals surface area contributed by atoms with Gasteiger partial charge in [0.25, 0.3) is 0 Å². The first-order chi connectivity index (χ1) is 4.04. The fourth-order valence-electron chi connectivity index (χ4n) is 0.627. The maximum atomic E-state index is 13.1. The van der Waals surface area contributed by atoms with E-state index in [1.54, 1.807) is 6.92 Å². The van der Waals surface area contributed by atoms with Crippen molar-refractivity contribution >= 4 is 0 Å². The second-order valence-electron chi connectivity index (χ2n) is 2.79. The molecule has 0 aliphatic carbocycles. The summed E-state index contributed by atoms with van der Waals surface area (Å²) in [5, 5.41) is 0. The Labute approximate surface area is 56.4 Å². The summed E-state index contributed by atoms with van der Waals surface area (Å²) in [7, 11) is 0. The van der Waals surface area contributed by atoms with Crippen molar-refractivity contribution in [3.8, 4) is 0 Å². The molecule has 2 unspecified atom stereocenters. The van der Waals surface area contributed by atoms with Gasteiger partial charge in [-0.2, -0.15) is 0 Å². The van der Waals surface area contributed by atoms with Crippen molar-refractivity contribution in [1.29, 1.82) is 0 Å². The van der Waals surface area contributed by atoms with Crippen molar-refractivity contribution in [2.24, 2.45) is 11.7 Å². The highest BCUT2D eigenvalue weighted by Gasteiger charge is 2.27. The van der Waals surface area contributed by atoms with Gasteiger partial charge in [-0.25, -0.2) is 4.39 Å². The Balaban J connectivity index is 3.80. The first-order valence-electron chi connectivity index (χ1n) is 3.43. The molecule has 0 saturated heterocycles. The minimum Gasteiger partial charge on any atom is -0.328 e. The molecule has 2 heteroatoms. The van der Waals surface area contributed by atoms with Crippen LogP contribution in [0.2, 0.25) is 0 Å². The van der Waals surface area contributed by atoms with E-state index < -0.39 is 5.67 Å². The Kier molecular flexibility index (Phi) is 3.12. The van der Waals surface area contributed by atoms with E-state index >= 15 is 0 Å². The lowest BCUT2D eigenvalue weighted by molar-refractivity contribution is 0.120. The summed E-state index contributed by atoms with van der Waals surface area (Å²) >= 11 is 0. The zero-order valence-electron chi connectivity index (χ0n) is 6.45. The van der Waals surface area contributed by atoms with Gasteiger partial charge in [0.05, 0.1) is 0 Å². The number of alkyl halides is 1. The van der Waals surface area contributed by atoms with Crippen LogP contribution in [0.5, 0.6) is 0 Å². The maximum Gasteiger partial charge on any atom is 0.122 e. The quantitative estimate of drug-likeness (QED) is 0.623. The van der Waals surface area contributed by atoms with E-state index in [0.29, 0.717) is 0 Å². The van der Waals surface area contributed by atoms with E-state index in [-0.39, 0.29) is 12.5 Å². The van der Waals surface area contributed by atoms with Gasteiger partial charge in [0.2, 0.25) is 0 Å². The molecular weight excluding hydrogens is 117 g/mol. The lowest BCUT2D eigenvalue weighted by Crippen LogP contribution is -2.35. The Bertz CT molecular complexity index is 81.0. The summed E-state index contributed by atoms with van der Waals surface area (Å²) in [6.45, 7) is 5.54. The van der Waals surface area contributed by atoms with Crippen LogP contribution in [0, 0.1) is 5.92 Å². The monoisotopic (exact) mass is 133 g/mol. The van der Waals surface area contributed by atoms with Gasteiger partial charge in [-0.1, -0.05) is 20.3 Å². The average Bonchev–Trinajstić information content (AvgIpc) is 1.86. The van der Waals surface area contributed by atoms with Crippen LogP contribution < -0.4 is 5.73 Å². The smallest absolute Gasteiger partial charge is 0.122 e. The third kappa shape index (κ3) is 2.31. The minimum absolute atomic E-state index is 0.0718. The average molecular weight is 133 g/mol. The van der Waals surface area contributed by atoms with Crippen LogP contribution in [0.4, 0.5) is 4.39 Å². The molecule has 56 valence electrons. The Morgan fingerprint density at radius 2 is 2.11 bits per heavy atom. The molecule has 0 radical (unpaired) electrons. The van der Waals surface area contributed by atoms with Gasteiger partial charge in [-0.15, -0.1) is 0 Å². The molecular formula is C7H16FN. The highest BCUT2D eigenvalue weighted by Crippen LogP contribution is 2.22. The molecule has 0 amide bonds. The Morgan fingerprint density at radius 3 is 2.22 bits per heavy atom. The lowest BCUT2D eigenvalue weighted by atomic mass is 9.91. The largest absolute Gasteiger partial charge is 0.328 e. The van der Waals surface area contributed by atoms with Gasteiger partial charge < -0.3 is 5.73 Å². The summed E-state index contributed by atoms with van der Waals surface area (Å²) in [6, 6.07) is 0. The third-order valence-corrected chi connectivity index (χ3v) is 2.04. The zero-order chi connectivity index (χ0) is 7.49. The van der Waals surface area contributed by atoms with Gasteiger partial charge in [-0.05, 0) is 12.8 Å². The molecule has 0 aromatic rings. The third-order valence-electron chi connectivity index (χ3n) is 2.04. The summed E-state index contributed by atoms with van der Waals surface area (Å²) in [5.41, 5.74) is 4.04. The standard InChI is InChI=1S/C7H16FN/c1-4-6(2)7(3,8)5-9/h6H,4-5,9H2,1-3H3. The van der Waals surface area contributed by atoms with E-state index in [9.17, 15) is 4.39 Å². The van der Waals surface area contributed by atoms with Gasteiger partial charge in [0, 0.05) is 6.54 Å². The van der Waals surface area contributed by atoms with Gasteiger partial charge in [-0.3, -0.25) is 0 Å². The van der Waals surface area contributed by atoms with Crippen LogP contribution in [0.1, 0.15) is 27.2 Å². The number of nitrogens with two attached hydrogens (primary N) is 1. The van der Waals surface area contributed by atoms with Crippen LogP contribution in [-0.2, 0) is 0 Å². The lowest BCUT2D eigenvalue weighted by Gasteiger charge is -2.24. The molecule has 0 aromatic heterocycles. The summed E-state index contributed by atoms with van der Waals surface area (Å²) in [4.78, 5) is 0. The number of halogens is 1. The molecule has 0 spiro atoms. The first-order valence-corrected chi connectivity index (χ1v) is 3.43. The molecule has 0 heterocycles. The van der Waals surface area contributed by atoms with Crippen molar-refractivity contribution in [3.63, 3.8) is 0 Å². The molecule has 9 heavy (non-hydrogen) atoms. The number of rotatable bonds is 3. The second-order valence-corrected chi connectivity index (χ2v) is 2.79. The van der Waals surface area contributed by atoms with Crippen LogP contribution in [0.3, 0.4) is 0 Å². The second kappa shape index (κ2) is 3.16. The van der Waals surface area contributed by atoms with Crippen LogP contribution in [0.15, 0.2) is 0 Å². The fraction of sp³-hybridized carbons (Fsp3) is 1.00. The van der Waals surface area contributed by atoms with Gasteiger partial charge >= 0.3 is 0 Å². The van der Waals surface area contributed by atoms with Crippen LogP contribution >= 0.6 is 0 Å². The van der Waals surface area contributed by atoms with Crippen molar-refractivity contribution in [2.75, 3.05) is 6.54 Å². The predicted octanol–water partition coefficient (Wildman–Crippen LogP) is 1.72. The molecule has 0 fully saturated rings. The zero-order valence-corrected chi connectivity index (χ0v) is 6.45. The molecule has 2 atom stereocenters. The molecule has 1 nitrogen and oxygen atoms in total. The fourth-order valence-corrected chi connectivity index (χ4v) is 0.627. The van der Waals surface area contributed by atoms with Gasteiger partial charge in [0.15, 0.2) is 0 Å². The molecule has 0 aliphatic rings. The summed E-state index contributed by atoms with van der Waals surface area (Å²) in [6.07, 6.45) is 0.851. The number of hydrogen-bond acceptors (Lipinski definition) is 1. The highest BCUT2D eigenvalue weighted by atomic mass is 19.1. The molecule has 0 rings (SSSR count). The van der Waals surface area contributed by atoms with Crippen molar-refractivity contribution in [3.05, 3.63) is 0 Å². The summed E-state index contributed by atoms with van der Waals surface area (Å²) in [5.74, 6) is 0.0718. The van der Waals surface area contributed by atoms with Crippen molar-refractivity contribution in [1.82, 2.24) is 0 Å². The van der Waals surface area contributed by atoms with E-state index in [1.807, 2.05) is 13.8 Å². The molecule has 2 N–H and O–H groups in total. The predicted molar refractivity (Wildman–Crippen MR) is 38.0 cm³/mol. The van der Waals surface area contributed by atoms with Crippen molar-refractivity contribution in [2.45, 2.75) is 32.9 Å². The first kappa shape index (κ1) is 8.89. The normalized spacial score (nSPS) is 21.0. The highest BCUT2D eigenvalue weighted by molar-refractivity contribution is 4.79. The van der Waals surface area contributed by atoms with Crippen LogP contribution in [0.25, 0.3) is 0 Å². The van der Waals surface area contributed by atoms with E-state index in [2.05, 4.69) is 0 Å². The van der Waals surface area contributed by atoms with E-state index in [0.717, 1.165) is 6.42 Å². The molecule has 0 saturated carbocycles. The van der Waals surface area contributed by atoms with E-state index in [1.165, 1.54) is 0 Å². The number of hydrogen-bond donors (Lipinski definition) is 1. The maximum absolute atomic E-state index is 13.1. The summed E-state index contributed by atoms with van der Waals surface area (Å²) < 4.78 is 13.1. The van der Waals surface area contributed by atoms with E-state index in [4.69, 9.17) is 5.73 Å². The van der Waals surface area contributed by atoms with Crippen molar-refractivity contribution < 1.29 is 4.39 Å². The topological polar surface area (TPSA) is 26.0 Å². The van der Waals surface area contributed by atoms with Gasteiger partial charge in [0.1, 0.15) is 5.67 Å². The Morgan fingerprint density at radius 1 is 1.67 bits per heavy atom. The molecule has 0 aliphatic heterocycles. The molecule has 0 bridgehead atoms. The molecule has 0 aromatic carbocycles.